The van der Waals surface area contributed by atoms with Gasteiger partial charge in [0.1, 0.15) is 0 Å². The van der Waals surface area contributed by atoms with E-state index in [1.54, 1.807) is 11.4 Å². The molecule has 0 unspecified atom stereocenters. The zero-order valence-electron chi connectivity index (χ0n) is 11.3. The molecule has 106 valence electrons. The Kier molecular flexibility index (Phi) is 4.96. The predicted octanol–water partition coefficient (Wildman–Crippen LogP) is 1.67. The van der Waals surface area contributed by atoms with Crippen LogP contribution in [0.5, 0.6) is 0 Å². The monoisotopic (exact) mass is 283 g/mol. The first kappa shape index (κ1) is 14.5. The largest absolute Gasteiger partial charge is 0.383 e. The third kappa shape index (κ3) is 3.78. The van der Waals surface area contributed by atoms with E-state index in [4.69, 9.17) is 4.74 Å². The molecule has 1 aliphatic heterocycles. The van der Waals surface area contributed by atoms with E-state index in [9.17, 15) is 8.42 Å². The zero-order chi connectivity index (χ0) is 13.7. The van der Waals surface area contributed by atoms with Gasteiger partial charge in [-0.05, 0) is 24.8 Å². The van der Waals surface area contributed by atoms with Crippen LogP contribution in [0.2, 0.25) is 0 Å². The van der Waals surface area contributed by atoms with Crippen LogP contribution < -0.4 is 0 Å². The molecule has 1 fully saturated rings. The van der Waals surface area contributed by atoms with Crippen molar-refractivity contribution >= 4 is 10.0 Å². The molecule has 0 amide bonds. The summed E-state index contributed by atoms with van der Waals surface area (Å²) in [5, 5.41) is 0. The molecule has 1 saturated heterocycles. The third-order valence-corrected chi connectivity index (χ3v) is 5.45. The average molecular weight is 283 g/mol. The Hall–Kier alpha value is -0.910. The minimum absolute atomic E-state index is 0.0192. The van der Waals surface area contributed by atoms with Crippen molar-refractivity contribution < 1.29 is 13.2 Å². The summed E-state index contributed by atoms with van der Waals surface area (Å²) in [4.78, 5) is 0. The quantitative estimate of drug-likeness (QED) is 0.798. The highest BCUT2D eigenvalue weighted by atomic mass is 32.2. The summed E-state index contributed by atoms with van der Waals surface area (Å²) in [5.41, 5.74) is 1.06. The van der Waals surface area contributed by atoms with E-state index in [1.807, 2.05) is 30.3 Å². The fraction of sp³-hybridized carbons (Fsp3) is 0.571. The summed E-state index contributed by atoms with van der Waals surface area (Å²) in [5.74, 6) is 0.178. The second-order valence-electron chi connectivity index (χ2n) is 4.91. The van der Waals surface area contributed by atoms with E-state index >= 15 is 0 Å². The summed E-state index contributed by atoms with van der Waals surface area (Å²) in [6.45, 7) is 1.12. The SMILES string of the molecule is COC[C@@H]1CCCN1S(=O)(=O)CCc1ccccc1. The van der Waals surface area contributed by atoms with Crippen molar-refractivity contribution in [2.24, 2.45) is 0 Å². The lowest BCUT2D eigenvalue weighted by Crippen LogP contribution is -2.39. The van der Waals surface area contributed by atoms with Gasteiger partial charge in [-0.1, -0.05) is 30.3 Å². The molecule has 0 aliphatic carbocycles. The van der Waals surface area contributed by atoms with Crippen LogP contribution in [0.15, 0.2) is 30.3 Å². The lowest BCUT2D eigenvalue weighted by atomic mass is 10.2. The zero-order valence-corrected chi connectivity index (χ0v) is 12.1. The van der Waals surface area contributed by atoms with E-state index in [1.165, 1.54) is 0 Å². The lowest BCUT2D eigenvalue weighted by Gasteiger charge is -2.23. The Morgan fingerprint density at radius 3 is 2.74 bits per heavy atom. The molecule has 0 radical (unpaired) electrons. The lowest BCUT2D eigenvalue weighted by molar-refractivity contribution is 0.149. The fourth-order valence-corrected chi connectivity index (χ4v) is 4.30. The number of methoxy groups -OCH3 is 1. The molecule has 2 rings (SSSR count). The van der Waals surface area contributed by atoms with Crippen molar-refractivity contribution in [3.8, 4) is 0 Å². The normalized spacial score (nSPS) is 20.8. The number of nitrogens with zero attached hydrogens (tertiary/aromatic N) is 1. The summed E-state index contributed by atoms with van der Waals surface area (Å²) in [7, 11) is -1.56. The molecule has 0 aromatic heterocycles. The van der Waals surface area contributed by atoms with Crippen LogP contribution in [-0.2, 0) is 21.2 Å². The van der Waals surface area contributed by atoms with Crippen LogP contribution >= 0.6 is 0 Å². The molecule has 1 aromatic rings. The fourth-order valence-electron chi connectivity index (χ4n) is 2.54. The average Bonchev–Trinajstić information content (AvgIpc) is 2.87. The first-order valence-corrected chi connectivity index (χ1v) is 8.27. The standard InChI is InChI=1S/C14H21NO3S/c1-18-12-14-8-5-10-15(14)19(16,17)11-9-13-6-3-2-4-7-13/h2-4,6-7,14H,5,8-12H2,1H3/t14-/m0/s1. The molecule has 0 saturated carbocycles. The molecule has 4 nitrogen and oxygen atoms in total. The van der Waals surface area contributed by atoms with Crippen LogP contribution in [0.25, 0.3) is 0 Å². The molecule has 1 atom stereocenters. The van der Waals surface area contributed by atoms with Crippen LogP contribution in [0.1, 0.15) is 18.4 Å². The highest BCUT2D eigenvalue weighted by Gasteiger charge is 2.33. The van der Waals surface area contributed by atoms with Crippen molar-refractivity contribution in [2.45, 2.75) is 25.3 Å². The molecule has 19 heavy (non-hydrogen) atoms. The maximum absolute atomic E-state index is 12.4. The van der Waals surface area contributed by atoms with Gasteiger partial charge in [-0.3, -0.25) is 0 Å². The topological polar surface area (TPSA) is 46.6 Å². The second-order valence-corrected chi connectivity index (χ2v) is 6.95. The van der Waals surface area contributed by atoms with Crippen LogP contribution in [0.3, 0.4) is 0 Å². The maximum atomic E-state index is 12.4. The molecule has 5 heteroatoms. The van der Waals surface area contributed by atoms with Crippen LogP contribution in [0, 0.1) is 0 Å². The highest BCUT2D eigenvalue weighted by molar-refractivity contribution is 7.89. The maximum Gasteiger partial charge on any atom is 0.214 e. The Labute approximate surface area is 115 Å². The van der Waals surface area contributed by atoms with Crippen molar-refractivity contribution in [1.82, 2.24) is 4.31 Å². The second kappa shape index (κ2) is 6.50. The van der Waals surface area contributed by atoms with Gasteiger partial charge in [0.25, 0.3) is 0 Å². The summed E-state index contributed by atoms with van der Waals surface area (Å²) < 4.78 is 31.5. The molecular formula is C14H21NO3S. The number of sulfonamides is 1. The number of rotatable bonds is 6. The molecule has 1 aliphatic rings. The number of benzene rings is 1. The van der Waals surface area contributed by atoms with Crippen molar-refractivity contribution in [1.29, 1.82) is 0 Å². The van der Waals surface area contributed by atoms with Gasteiger partial charge >= 0.3 is 0 Å². The van der Waals surface area contributed by atoms with Gasteiger partial charge < -0.3 is 4.74 Å². The predicted molar refractivity (Wildman–Crippen MR) is 75.5 cm³/mol. The van der Waals surface area contributed by atoms with E-state index < -0.39 is 10.0 Å². The van der Waals surface area contributed by atoms with E-state index in [0.29, 0.717) is 19.6 Å². The van der Waals surface area contributed by atoms with Crippen molar-refractivity contribution in [2.75, 3.05) is 26.0 Å². The first-order valence-electron chi connectivity index (χ1n) is 6.66. The summed E-state index contributed by atoms with van der Waals surface area (Å²) in [6, 6.07) is 9.76. The van der Waals surface area contributed by atoms with Gasteiger partial charge in [0.15, 0.2) is 0 Å². The molecule has 0 N–H and O–H groups in total. The number of hydrogen-bond donors (Lipinski definition) is 0. The first-order chi connectivity index (χ1) is 9.13. The van der Waals surface area contributed by atoms with Gasteiger partial charge in [0, 0.05) is 19.7 Å². The highest BCUT2D eigenvalue weighted by Crippen LogP contribution is 2.22. The Morgan fingerprint density at radius 2 is 2.05 bits per heavy atom. The van der Waals surface area contributed by atoms with E-state index in [-0.39, 0.29) is 11.8 Å². The van der Waals surface area contributed by atoms with Gasteiger partial charge in [0.05, 0.1) is 12.4 Å². The van der Waals surface area contributed by atoms with E-state index in [2.05, 4.69) is 0 Å². The minimum atomic E-state index is -3.18. The molecule has 0 spiro atoms. The Bertz CT molecular complexity index is 487. The Morgan fingerprint density at radius 1 is 1.32 bits per heavy atom. The molecular weight excluding hydrogens is 262 g/mol. The van der Waals surface area contributed by atoms with E-state index in [0.717, 1.165) is 18.4 Å². The molecule has 1 aromatic carbocycles. The minimum Gasteiger partial charge on any atom is -0.383 e. The Balaban J connectivity index is 1.98. The van der Waals surface area contributed by atoms with Crippen LogP contribution in [-0.4, -0.2) is 44.8 Å². The van der Waals surface area contributed by atoms with Gasteiger partial charge in [-0.15, -0.1) is 0 Å². The van der Waals surface area contributed by atoms with Gasteiger partial charge in [-0.2, -0.15) is 4.31 Å². The van der Waals surface area contributed by atoms with Crippen LogP contribution in [0.4, 0.5) is 0 Å². The van der Waals surface area contributed by atoms with Gasteiger partial charge in [-0.25, -0.2) is 8.42 Å². The number of ether oxygens (including phenoxy) is 1. The molecule has 1 heterocycles. The summed E-state index contributed by atoms with van der Waals surface area (Å²) >= 11 is 0. The van der Waals surface area contributed by atoms with Gasteiger partial charge in [0.2, 0.25) is 10.0 Å². The third-order valence-electron chi connectivity index (χ3n) is 3.53. The molecule has 0 bridgehead atoms. The number of aryl methyl sites for hydroxylation is 1. The number of hydrogen-bond acceptors (Lipinski definition) is 3. The van der Waals surface area contributed by atoms with Crippen molar-refractivity contribution in [3.63, 3.8) is 0 Å². The summed E-state index contributed by atoms with van der Waals surface area (Å²) in [6.07, 6.45) is 2.40. The smallest absolute Gasteiger partial charge is 0.214 e. The van der Waals surface area contributed by atoms with Crippen molar-refractivity contribution in [3.05, 3.63) is 35.9 Å².